The van der Waals surface area contributed by atoms with Crippen LogP contribution >= 0.6 is 0 Å². The second-order valence-electron chi connectivity index (χ2n) is 7.16. The van der Waals surface area contributed by atoms with Crippen LogP contribution in [0.3, 0.4) is 0 Å². The summed E-state index contributed by atoms with van der Waals surface area (Å²) in [5.41, 5.74) is 1.76. The Morgan fingerprint density at radius 3 is 2.29 bits per heavy atom. The standard InChI is InChI=1S/C24H25NO3/c1-18(28-19(2)26)11-10-16-22-23(27)25(17-20-12-6-4-7-13-20)24(22,3)21-14-8-5-9-15-21/h4-16,22H,17H2,1-3H3/b16-10-,18-11+/t22-,24-/m0/s1. The summed E-state index contributed by atoms with van der Waals surface area (Å²) < 4.78 is 5.02. The van der Waals surface area contributed by atoms with Gasteiger partial charge in [-0.1, -0.05) is 72.8 Å². The molecular weight excluding hydrogens is 350 g/mol. The fraction of sp³-hybridized carbons (Fsp3) is 0.250. The molecule has 1 aliphatic rings. The first-order valence-corrected chi connectivity index (χ1v) is 9.37. The number of ether oxygens (including phenoxy) is 1. The van der Waals surface area contributed by atoms with Crippen LogP contribution in [0.2, 0.25) is 0 Å². The molecule has 2 aromatic carbocycles. The first kappa shape index (κ1) is 19.6. The van der Waals surface area contributed by atoms with E-state index in [1.54, 1.807) is 19.1 Å². The molecule has 0 unspecified atom stereocenters. The monoisotopic (exact) mass is 375 g/mol. The van der Waals surface area contributed by atoms with Crippen LogP contribution in [0.5, 0.6) is 0 Å². The summed E-state index contributed by atoms with van der Waals surface area (Å²) in [6.45, 7) is 5.75. The molecule has 0 aromatic heterocycles. The molecule has 0 radical (unpaired) electrons. The van der Waals surface area contributed by atoms with E-state index in [4.69, 9.17) is 4.74 Å². The molecule has 28 heavy (non-hydrogen) atoms. The minimum absolute atomic E-state index is 0.0880. The quantitative estimate of drug-likeness (QED) is 0.321. The lowest BCUT2D eigenvalue weighted by atomic mass is 9.69. The van der Waals surface area contributed by atoms with Crippen molar-refractivity contribution in [3.63, 3.8) is 0 Å². The molecule has 144 valence electrons. The number of likely N-dealkylation sites (tertiary alicyclic amines) is 1. The lowest BCUT2D eigenvalue weighted by Crippen LogP contribution is -2.65. The van der Waals surface area contributed by atoms with E-state index in [2.05, 4.69) is 19.1 Å². The molecular formula is C24H25NO3. The van der Waals surface area contributed by atoms with E-state index in [0.717, 1.165) is 11.1 Å². The highest BCUT2D eigenvalue weighted by Crippen LogP contribution is 2.47. The smallest absolute Gasteiger partial charge is 0.307 e. The Morgan fingerprint density at radius 1 is 1.07 bits per heavy atom. The second kappa shape index (κ2) is 8.26. The van der Waals surface area contributed by atoms with Gasteiger partial charge < -0.3 is 9.64 Å². The molecule has 0 N–H and O–H groups in total. The molecule has 2 atom stereocenters. The zero-order valence-corrected chi connectivity index (χ0v) is 16.5. The maximum Gasteiger partial charge on any atom is 0.307 e. The van der Waals surface area contributed by atoms with Crippen LogP contribution in [-0.4, -0.2) is 16.8 Å². The average Bonchev–Trinajstić information content (AvgIpc) is 2.70. The van der Waals surface area contributed by atoms with Crippen molar-refractivity contribution in [2.75, 3.05) is 0 Å². The van der Waals surface area contributed by atoms with E-state index < -0.39 is 5.54 Å². The van der Waals surface area contributed by atoms with E-state index in [1.165, 1.54) is 6.92 Å². The fourth-order valence-corrected chi connectivity index (χ4v) is 3.69. The number of amides is 1. The molecule has 1 heterocycles. The molecule has 1 aliphatic heterocycles. The van der Waals surface area contributed by atoms with Gasteiger partial charge in [-0.3, -0.25) is 9.59 Å². The topological polar surface area (TPSA) is 46.6 Å². The van der Waals surface area contributed by atoms with Crippen LogP contribution < -0.4 is 0 Å². The zero-order valence-electron chi connectivity index (χ0n) is 16.5. The van der Waals surface area contributed by atoms with Gasteiger partial charge >= 0.3 is 5.97 Å². The third-order valence-electron chi connectivity index (χ3n) is 5.18. The van der Waals surface area contributed by atoms with Crippen molar-refractivity contribution < 1.29 is 14.3 Å². The van der Waals surface area contributed by atoms with Crippen molar-refractivity contribution >= 4 is 11.9 Å². The normalized spacial score (nSPS) is 22.2. The summed E-state index contributed by atoms with van der Waals surface area (Å²) in [6, 6.07) is 20.1. The zero-order chi connectivity index (χ0) is 20.1. The summed E-state index contributed by atoms with van der Waals surface area (Å²) in [5.74, 6) is -0.0481. The fourth-order valence-electron chi connectivity index (χ4n) is 3.69. The largest absolute Gasteiger partial charge is 0.432 e. The van der Waals surface area contributed by atoms with Crippen molar-refractivity contribution in [2.45, 2.75) is 32.9 Å². The van der Waals surface area contributed by atoms with Crippen LogP contribution in [-0.2, 0) is 26.4 Å². The summed E-state index contributed by atoms with van der Waals surface area (Å²) in [6.07, 6.45) is 5.39. The minimum atomic E-state index is -0.437. The molecule has 1 saturated heterocycles. The molecule has 0 spiro atoms. The van der Waals surface area contributed by atoms with Gasteiger partial charge in [-0.25, -0.2) is 0 Å². The number of carbonyl (C=O) groups is 2. The number of hydrogen-bond acceptors (Lipinski definition) is 3. The lowest BCUT2D eigenvalue weighted by molar-refractivity contribution is -0.167. The van der Waals surface area contributed by atoms with Crippen molar-refractivity contribution in [2.24, 2.45) is 5.92 Å². The van der Waals surface area contributed by atoms with Gasteiger partial charge in [0.1, 0.15) is 5.76 Å². The predicted molar refractivity (Wildman–Crippen MR) is 109 cm³/mol. The van der Waals surface area contributed by atoms with Gasteiger partial charge in [0.2, 0.25) is 5.91 Å². The van der Waals surface area contributed by atoms with E-state index in [-0.39, 0.29) is 17.8 Å². The molecule has 3 rings (SSSR count). The van der Waals surface area contributed by atoms with Gasteiger partial charge in [0, 0.05) is 13.5 Å². The Labute approximate surface area is 166 Å². The molecule has 0 aliphatic carbocycles. The Balaban J connectivity index is 1.87. The van der Waals surface area contributed by atoms with Crippen molar-refractivity contribution in [3.05, 3.63) is 95.8 Å². The molecule has 2 aromatic rings. The maximum absolute atomic E-state index is 13.0. The molecule has 1 amide bonds. The minimum Gasteiger partial charge on any atom is -0.432 e. The SMILES string of the molecule is CC(=O)O/C(C)=C/C=C\[C@H]1C(=O)N(Cc2ccccc2)[C@@]1(C)c1ccccc1. The van der Waals surface area contributed by atoms with Crippen molar-refractivity contribution in [1.82, 2.24) is 4.90 Å². The summed E-state index contributed by atoms with van der Waals surface area (Å²) >= 11 is 0. The maximum atomic E-state index is 13.0. The Morgan fingerprint density at radius 2 is 1.68 bits per heavy atom. The molecule has 4 nitrogen and oxygen atoms in total. The van der Waals surface area contributed by atoms with E-state index >= 15 is 0 Å². The van der Waals surface area contributed by atoms with Crippen LogP contribution in [0.15, 0.2) is 84.7 Å². The molecule has 1 fully saturated rings. The van der Waals surface area contributed by atoms with Gasteiger partial charge in [-0.05, 0) is 31.1 Å². The summed E-state index contributed by atoms with van der Waals surface area (Å²) in [4.78, 5) is 25.9. The molecule has 4 heteroatoms. The number of esters is 1. The number of β-lactam (4-membered cyclic amide) rings is 1. The van der Waals surface area contributed by atoms with Crippen LogP contribution in [0.25, 0.3) is 0 Å². The third kappa shape index (κ3) is 3.91. The van der Waals surface area contributed by atoms with Crippen LogP contribution in [0.1, 0.15) is 31.9 Å². The number of benzene rings is 2. The summed E-state index contributed by atoms with van der Waals surface area (Å²) in [5, 5.41) is 0. The number of allylic oxidation sites excluding steroid dienone is 3. The first-order chi connectivity index (χ1) is 13.4. The summed E-state index contributed by atoms with van der Waals surface area (Å²) in [7, 11) is 0. The molecule has 0 saturated carbocycles. The number of nitrogens with zero attached hydrogens (tertiary/aromatic N) is 1. The van der Waals surface area contributed by atoms with E-state index in [1.807, 2.05) is 59.5 Å². The number of carbonyl (C=O) groups excluding carboxylic acids is 2. The van der Waals surface area contributed by atoms with Gasteiger partial charge in [0.25, 0.3) is 0 Å². The van der Waals surface area contributed by atoms with Crippen LogP contribution in [0.4, 0.5) is 0 Å². The van der Waals surface area contributed by atoms with E-state index in [9.17, 15) is 9.59 Å². The van der Waals surface area contributed by atoms with Crippen LogP contribution in [0, 0.1) is 5.92 Å². The lowest BCUT2D eigenvalue weighted by Gasteiger charge is -2.55. The number of rotatable bonds is 6. The highest BCUT2D eigenvalue weighted by Gasteiger charge is 2.56. The Kier molecular flexibility index (Phi) is 5.78. The predicted octanol–water partition coefficient (Wildman–Crippen LogP) is 4.58. The van der Waals surface area contributed by atoms with Crippen molar-refractivity contribution in [1.29, 1.82) is 0 Å². The average molecular weight is 375 g/mol. The molecule has 0 bridgehead atoms. The number of hydrogen-bond donors (Lipinski definition) is 0. The highest BCUT2D eigenvalue weighted by atomic mass is 16.5. The Bertz CT molecular complexity index is 902. The van der Waals surface area contributed by atoms with Gasteiger partial charge in [-0.15, -0.1) is 0 Å². The van der Waals surface area contributed by atoms with Gasteiger partial charge in [-0.2, -0.15) is 0 Å². The second-order valence-corrected chi connectivity index (χ2v) is 7.16. The first-order valence-electron chi connectivity index (χ1n) is 9.37. The Hall–Kier alpha value is -3.14. The van der Waals surface area contributed by atoms with E-state index in [0.29, 0.717) is 12.3 Å². The van der Waals surface area contributed by atoms with Crippen molar-refractivity contribution in [3.8, 4) is 0 Å². The van der Waals surface area contributed by atoms with Gasteiger partial charge in [0.05, 0.1) is 11.5 Å². The third-order valence-corrected chi connectivity index (χ3v) is 5.18. The highest BCUT2D eigenvalue weighted by molar-refractivity contribution is 5.90. The van der Waals surface area contributed by atoms with Gasteiger partial charge in [0.15, 0.2) is 0 Å².